The largest absolute Gasteiger partial charge is 0.464 e. The van der Waals surface area contributed by atoms with Gasteiger partial charge in [-0.15, -0.1) is 0 Å². The van der Waals surface area contributed by atoms with Crippen molar-refractivity contribution in [2.24, 2.45) is 0 Å². The Bertz CT molecular complexity index is 735. The van der Waals surface area contributed by atoms with Gasteiger partial charge in [0.25, 0.3) is 0 Å². The molecule has 0 fully saturated rings. The molecular weight excluding hydrogens is 262 g/mol. The number of nitrogens with zero attached hydrogens (tertiary/aromatic N) is 2. The summed E-state index contributed by atoms with van der Waals surface area (Å²) in [6, 6.07) is 11.9. The molecule has 0 unspecified atom stereocenters. The van der Waals surface area contributed by atoms with Gasteiger partial charge >= 0.3 is 0 Å². The minimum absolute atomic E-state index is 0.788. The van der Waals surface area contributed by atoms with Crippen molar-refractivity contribution >= 4 is 22.5 Å². The molecule has 0 aliphatic heterocycles. The first-order valence-electron chi connectivity index (χ1n) is 7.19. The number of rotatable bonds is 5. The van der Waals surface area contributed by atoms with Gasteiger partial charge in [-0.25, -0.2) is 4.98 Å². The Labute approximate surface area is 124 Å². The Morgan fingerprint density at radius 3 is 2.95 bits per heavy atom. The fourth-order valence-corrected chi connectivity index (χ4v) is 2.57. The lowest BCUT2D eigenvalue weighted by atomic mass is 10.1. The molecule has 0 atom stereocenters. The number of nitrogens with two attached hydrogens (primary N) is 1. The molecule has 4 heteroatoms. The number of hydrogen-bond acceptors (Lipinski definition) is 4. The molecule has 0 radical (unpaired) electrons. The Kier molecular flexibility index (Phi) is 3.77. The van der Waals surface area contributed by atoms with E-state index >= 15 is 0 Å². The van der Waals surface area contributed by atoms with E-state index in [1.807, 2.05) is 30.3 Å². The average Bonchev–Trinajstić information content (AvgIpc) is 2.95. The first-order chi connectivity index (χ1) is 10.3. The summed E-state index contributed by atoms with van der Waals surface area (Å²) in [5.74, 6) is 0.963. The molecule has 0 aliphatic carbocycles. The number of aromatic nitrogens is 1. The molecule has 21 heavy (non-hydrogen) atoms. The molecule has 0 amide bonds. The summed E-state index contributed by atoms with van der Waals surface area (Å²) in [6.45, 7) is 3.89. The van der Waals surface area contributed by atoms with Crippen LogP contribution < -0.4 is 10.6 Å². The summed E-state index contributed by atoms with van der Waals surface area (Å²) < 4.78 is 5.47. The monoisotopic (exact) mass is 281 g/mol. The van der Waals surface area contributed by atoms with Crippen molar-refractivity contribution in [3.63, 3.8) is 0 Å². The molecule has 3 rings (SSSR count). The lowest BCUT2D eigenvalue weighted by Gasteiger charge is -2.24. The second-order valence-electron chi connectivity index (χ2n) is 5.13. The molecule has 0 saturated carbocycles. The molecule has 4 nitrogen and oxygen atoms in total. The third-order valence-corrected chi connectivity index (χ3v) is 3.48. The number of fused-ring (bicyclic) bond motifs is 1. The van der Waals surface area contributed by atoms with E-state index in [1.54, 1.807) is 12.5 Å². The van der Waals surface area contributed by atoms with Crippen molar-refractivity contribution < 1.29 is 4.42 Å². The van der Waals surface area contributed by atoms with Gasteiger partial charge in [0.1, 0.15) is 11.4 Å². The number of pyridine rings is 1. The number of furan rings is 1. The van der Waals surface area contributed by atoms with Crippen LogP contribution in [0.1, 0.15) is 18.9 Å². The Morgan fingerprint density at radius 2 is 2.14 bits per heavy atom. The van der Waals surface area contributed by atoms with Crippen molar-refractivity contribution in [1.82, 2.24) is 4.98 Å². The SMILES string of the molecule is CCCN(Cc1cccc(N)c1)c1nccc2occc12. The highest BCUT2D eigenvalue weighted by molar-refractivity contribution is 5.88. The Balaban J connectivity index is 1.96. The lowest BCUT2D eigenvalue weighted by Crippen LogP contribution is -2.24. The van der Waals surface area contributed by atoms with E-state index in [4.69, 9.17) is 10.2 Å². The molecule has 0 bridgehead atoms. The molecule has 2 N–H and O–H groups in total. The maximum Gasteiger partial charge on any atom is 0.139 e. The minimum Gasteiger partial charge on any atom is -0.464 e. The van der Waals surface area contributed by atoms with Crippen molar-refractivity contribution in [2.75, 3.05) is 17.2 Å². The van der Waals surface area contributed by atoms with Gasteiger partial charge in [0, 0.05) is 25.0 Å². The van der Waals surface area contributed by atoms with Gasteiger partial charge in [0.15, 0.2) is 0 Å². The molecule has 2 heterocycles. The molecule has 108 valence electrons. The van der Waals surface area contributed by atoms with E-state index in [2.05, 4.69) is 22.9 Å². The smallest absolute Gasteiger partial charge is 0.139 e. The first-order valence-corrected chi connectivity index (χ1v) is 7.19. The Hall–Kier alpha value is -2.49. The van der Waals surface area contributed by atoms with Crippen LogP contribution >= 0.6 is 0 Å². The van der Waals surface area contributed by atoms with Crippen molar-refractivity contribution in [3.05, 3.63) is 54.4 Å². The maximum atomic E-state index is 5.87. The maximum absolute atomic E-state index is 5.87. The number of anilines is 2. The summed E-state index contributed by atoms with van der Waals surface area (Å²) in [5, 5.41) is 1.05. The highest BCUT2D eigenvalue weighted by Crippen LogP contribution is 2.26. The van der Waals surface area contributed by atoms with E-state index in [9.17, 15) is 0 Å². The first kappa shape index (κ1) is 13.5. The molecular formula is C17H19N3O. The molecule has 1 aromatic carbocycles. The third-order valence-electron chi connectivity index (χ3n) is 3.48. The van der Waals surface area contributed by atoms with Crippen LogP contribution in [0.25, 0.3) is 11.0 Å². The predicted octanol–water partition coefficient (Wildman–Crippen LogP) is 3.83. The quantitative estimate of drug-likeness (QED) is 0.722. The second-order valence-corrected chi connectivity index (χ2v) is 5.13. The highest BCUT2D eigenvalue weighted by atomic mass is 16.3. The van der Waals surface area contributed by atoms with Gasteiger partial charge in [0.05, 0.1) is 11.6 Å². The molecule has 3 aromatic rings. The minimum atomic E-state index is 0.788. The van der Waals surface area contributed by atoms with Crippen molar-refractivity contribution in [2.45, 2.75) is 19.9 Å². The second kappa shape index (κ2) is 5.87. The molecule has 0 spiro atoms. The highest BCUT2D eigenvalue weighted by Gasteiger charge is 2.13. The van der Waals surface area contributed by atoms with E-state index in [0.717, 1.165) is 42.0 Å². The fraction of sp³-hybridized carbons (Fsp3) is 0.235. The zero-order valence-corrected chi connectivity index (χ0v) is 12.1. The van der Waals surface area contributed by atoms with Gasteiger partial charge in [-0.3, -0.25) is 0 Å². The molecule has 0 aliphatic rings. The van der Waals surface area contributed by atoms with Crippen LogP contribution in [-0.4, -0.2) is 11.5 Å². The summed E-state index contributed by atoms with van der Waals surface area (Å²) in [4.78, 5) is 6.82. The lowest BCUT2D eigenvalue weighted by molar-refractivity contribution is 0.615. The normalized spacial score (nSPS) is 10.9. The summed E-state index contributed by atoms with van der Waals surface area (Å²) in [5.41, 5.74) is 8.72. The van der Waals surface area contributed by atoms with E-state index < -0.39 is 0 Å². The third kappa shape index (κ3) is 2.84. The van der Waals surface area contributed by atoms with E-state index in [-0.39, 0.29) is 0 Å². The number of benzene rings is 1. The van der Waals surface area contributed by atoms with Gasteiger partial charge in [0.2, 0.25) is 0 Å². The van der Waals surface area contributed by atoms with Crippen LogP contribution in [0.5, 0.6) is 0 Å². The summed E-state index contributed by atoms with van der Waals surface area (Å²) in [7, 11) is 0. The predicted molar refractivity (Wildman–Crippen MR) is 86.2 cm³/mol. The number of nitrogen functional groups attached to an aromatic ring is 1. The van der Waals surface area contributed by atoms with Gasteiger partial charge in [-0.2, -0.15) is 0 Å². The molecule has 0 saturated heterocycles. The van der Waals surface area contributed by atoms with E-state index in [0.29, 0.717) is 0 Å². The van der Waals surface area contributed by atoms with Gasteiger partial charge in [-0.05, 0) is 36.2 Å². The summed E-state index contributed by atoms with van der Waals surface area (Å²) >= 11 is 0. The van der Waals surface area contributed by atoms with Crippen LogP contribution in [0.4, 0.5) is 11.5 Å². The van der Waals surface area contributed by atoms with Crippen LogP contribution in [0.2, 0.25) is 0 Å². The average molecular weight is 281 g/mol. The zero-order chi connectivity index (χ0) is 14.7. The standard InChI is InChI=1S/C17H19N3O/c1-2-9-20(12-13-4-3-5-14(18)11-13)17-15-7-10-21-16(15)6-8-19-17/h3-8,10-11H,2,9,12,18H2,1H3. The van der Waals surface area contributed by atoms with Crippen molar-refractivity contribution in [1.29, 1.82) is 0 Å². The summed E-state index contributed by atoms with van der Waals surface area (Å²) in [6.07, 6.45) is 4.56. The molecule has 2 aromatic heterocycles. The topological polar surface area (TPSA) is 55.3 Å². The van der Waals surface area contributed by atoms with Gasteiger partial charge in [-0.1, -0.05) is 19.1 Å². The van der Waals surface area contributed by atoms with Crippen LogP contribution in [0.3, 0.4) is 0 Å². The van der Waals surface area contributed by atoms with Crippen molar-refractivity contribution in [3.8, 4) is 0 Å². The fourth-order valence-electron chi connectivity index (χ4n) is 2.57. The Morgan fingerprint density at radius 1 is 1.24 bits per heavy atom. The van der Waals surface area contributed by atoms with E-state index in [1.165, 1.54) is 5.56 Å². The van der Waals surface area contributed by atoms with Crippen LogP contribution in [-0.2, 0) is 6.54 Å². The van der Waals surface area contributed by atoms with Gasteiger partial charge < -0.3 is 15.1 Å². The van der Waals surface area contributed by atoms with Crippen LogP contribution in [0.15, 0.2) is 53.3 Å². The zero-order valence-electron chi connectivity index (χ0n) is 12.1. The number of hydrogen-bond donors (Lipinski definition) is 1. The van der Waals surface area contributed by atoms with Crippen LogP contribution in [0, 0.1) is 0 Å².